The Hall–Kier alpha value is -2.33. The Labute approximate surface area is 220 Å². The molecule has 36 heavy (non-hydrogen) atoms. The van der Waals surface area contributed by atoms with Gasteiger partial charge in [-0.1, -0.05) is 88.4 Å². The van der Waals surface area contributed by atoms with Gasteiger partial charge < -0.3 is 14.0 Å². The van der Waals surface area contributed by atoms with Gasteiger partial charge in [0.2, 0.25) is 0 Å². The SMILES string of the molecule is CCCCCCCCc1cccc(OCCCCOC(=O)C(CC)C[N+](C)(C)Cc2ccccc2)c1. The van der Waals surface area contributed by atoms with Gasteiger partial charge in [0, 0.05) is 5.56 Å². The summed E-state index contributed by atoms with van der Waals surface area (Å²) in [6, 6.07) is 19.0. The van der Waals surface area contributed by atoms with Crippen LogP contribution in [0.3, 0.4) is 0 Å². The van der Waals surface area contributed by atoms with Gasteiger partial charge in [-0.05, 0) is 49.8 Å². The number of benzene rings is 2. The molecule has 2 rings (SSSR count). The molecule has 0 aromatic heterocycles. The van der Waals surface area contributed by atoms with E-state index in [1.54, 1.807) is 0 Å². The summed E-state index contributed by atoms with van der Waals surface area (Å²) < 4.78 is 12.4. The number of carbonyl (C=O) groups is 1. The van der Waals surface area contributed by atoms with Gasteiger partial charge in [0.05, 0.1) is 33.9 Å². The molecule has 0 fully saturated rings. The molecular formula is C32H50NO3+. The third-order valence-electron chi connectivity index (χ3n) is 6.76. The average Bonchev–Trinajstić information content (AvgIpc) is 2.87. The van der Waals surface area contributed by atoms with Gasteiger partial charge >= 0.3 is 5.97 Å². The largest absolute Gasteiger partial charge is 0.494 e. The van der Waals surface area contributed by atoms with Gasteiger partial charge in [0.15, 0.2) is 0 Å². The van der Waals surface area contributed by atoms with Crippen molar-refractivity contribution in [1.82, 2.24) is 0 Å². The van der Waals surface area contributed by atoms with Gasteiger partial charge in [-0.3, -0.25) is 4.79 Å². The molecule has 0 heterocycles. The van der Waals surface area contributed by atoms with Crippen LogP contribution in [0.15, 0.2) is 54.6 Å². The molecule has 0 bridgehead atoms. The van der Waals surface area contributed by atoms with Crippen LogP contribution in [0.1, 0.15) is 82.8 Å². The number of hydrogen-bond donors (Lipinski definition) is 0. The maximum atomic E-state index is 12.7. The highest BCUT2D eigenvalue weighted by Gasteiger charge is 2.27. The summed E-state index contributed by atoms with van der Waals surface area (Å²) in [4.78, 5) is 12.7. The van der Waals surface area contributed by atoms with Gasteiger partial charge in [-0.25, -0.2) is 0 Å². The molecule has 0 aliphatic rings. The van der Waals surface area contributed by atoms with E-state index >= 15 is 0 Å². The normalized spacial score (nSPS) is 12.3. The molecular weight excluding hydrogens is 446 g/mol. The Morgan fingerprint density at radius 3 is 2.25 bits per heavy atom. The maximum absolute atomic E-state index is 12.7. The standard InChI is InChI=1S/C32H50NO3/c1-5-7-8-9-10-12-18-28-21-17-22-31(25-28)35-23-15-16-24-36-32(34)30(6-2)27-33(3,4)26-29-19-13-11-14-20-29/h11,13-14,17,19-22,25,30H,5-10,12,15-16,18,23-24,26-27H2,1-4H3/q+1. The van der Waals surface area contributed by atoms with E-state index < -0.39 is 0 Å². The van der Waals surface area contributed by atoms with Crippen molar-refractivity contribution in [2.45, 2.75) is 84.6 Å². The maximum Gasteiger partial charge on any atom is 0.314 e. The summed E-state index contributed by atoms with van der Waals surface area (Å²) in [6.07, 6.45) is 11.5. The first-order valence-corrected chi connectivity index (χ1v) is 14.2. The van der Waals surface area contributed by atoms with Crippen LogP contribution >= 0.6 is 0 Å². The highest BCUT2D eigenvalue weighted by Crippen LogP contribution is 2.18. The quantitative estimate of drug-likeness (QED) is 0.114. The summed E-state index contributed by atoms with van der Waals surface area (Å²) >= 11 is 0. The third-order valence-corrected chi connectivity index (χ3v) is 6.76. The van der Waals surface area contributed by atoms with Crippen LogP contribution in [-0.4, -0.2) is 44.3 Å². The van der Waals surface area contributed by atoms with Crippen molar-refractivity contribution in [1.29, 1.82) is 0 Å². The number of ether oxygens (including phenoxy) is 2. The molecule has 4 heteroatoms. The summed E-state index contributed by atoms with van der Waals surface area (Å²) in [5.74, 6) is 0.800. The highest BCUT2D eigenvalue weighted by atomic mass is 16.5. The van der Waals surface area contributed by atoms with Gasteiger partial charge in [-0.2, -0.15) is 0 Å². The Morgan fingerprint density at radius 2 is 1.50 bits per heavy atom. The summed E-state index contributed by atoms with van der Waals surface area (Å²) in [5, 5.41) is 0. The number of unbranched alkanes of at least 4 members (excludes halogenated alkanes) is 6. The lowest BCUT2D eigenvalue weighted by molar-refractivity contribution is -0.906. The van der Waals surface area contributed by atoms with Crippen molar-refractivity contribution in [2.24, 2.45) is 5.92 Å². The number of hydrogen-bond acceptors (Lipinski definition) is 3. The number of nitrogens with zero attached hydrogens (tertiary/aromatic N) is 1. The zero-order chi connectivity index (χ0) is 26.1. The van der Waals surface area contributed by atoms with Gasteiger partial charge in [0.1, 0.15) is 18.2 Å². The minimum atomic E-state index is -0.0747. The molecule has 0 amide bonds. The van der Waals surface area contributed by atoms with Crippen LogP contribution in [0.25, 0.3) is 0 Å². The first kappa shape index (κ1) is 29.9. The van der Waals surface area contributed by atoms with Crippen molar-refractivity contribution in [2.75, 3.05) is 33.9 Å². The van der Waals surface area contributed by atoms with Crippen LogP contribution in [0.4, 0.5) is 0 Å². The average molecular weight is 497 g/mol. The predicted molar refractivity (Wildman–Crippen MR) is 150 cm³/mol. The fourth-order valence-corrected chi connectivity index (χ4v) is 4.69. The molecule has 0 radical (unpaired) electrons. The molecule has 0 aliphatic carbocycles. The second-order valence-electron chi connectivity index (χ2n) is 10.8. The van der Waals surface area contributed by atoms with Crippen LogP contribution in [-0.2, 0) is 22.5 Å². The van der Waals surface area contributed by atoms with E-state index in [1.165, 1.54) is 49.7 Å². The van der Waals surface area contributed by atoms with Crippen LogP contribution in [0.2, 0.25) is 0 Å². The first-order chi connectivity index (χ1) is 17.4. The molecule has 0 saturated heterocycles. The Kier molecular flexibility index (Phi) is 14.3. The van der Waals surface area contributed by atoms with Crippen molar-refractivity contribution < 1.29 is 18.8 Å². The van der Waals surface area contributed by atoms with Crippen molar-refractivity contribution in [3.8, 4) is 5.75 Å². The Balaban J connectivity index is 1.62. The van der Waals surface area contributed by atoms with Crippen molar-refractivity contribution >= 4 is 5.97 Å². The van der Waals surface area contributed by atoms with Gasteiger partial charge in [-0.15, -0.1) is 0 Å². The molecule has 0 N–H and O–H groups in total. The smallest absolute Gasteiger partial charge is 0.314 e. The predicted octanol–water partition coefficient (Wildman–Crippen LogP) is 7.59. The molecule has 2 aromatic carbocycles. The zero-order valence-corrected chi connectivity index (χ0v) is 23.3. The molecule has 2 aromatic rings. The molecule has 0 aliphatic heterocycles. The summed E-state index contributed by atoms with van der Waals surface area (Å²) in [7, 11) is 4.37. The second-order valence-corrected chi connectivity index (χ2v) is 10.8. The molecule has 0 saturated carbocycles. The van der Waals surface area contributed by atoms with Gasteiger partial charge in [0.25, 0.3) is 0 Å². The topological polar surface area (TPSA) is 35.5 Å². The number of aryl methyl sites for hydroxylation is 1. The van der Waals surface area contributed by atoms with Crippen LogP contribution < -0.4 is 4.74 Å². The first-order valence-electron chi connectivity index (χ1n) is 14.2. The van der Waals surface area contributed by atoms with E-state index in [-0.39, 0.29) is 11.9 Å². The number of carbonyl (C=O) groups excluding carboxylic acids is 1. The van der Waals surface area contributed by atoms with Crippen molar-refractivity contribution in [3.63, 3.8) is 0 Å². The number of esters is 1. The third kappa shape index (κ3) is 12.6. The van der Waals surface area contributed by atoms with Crippen LogP contribution in [0, 0.1) is 5.92 Å². The summed E-state index contributed by atoms with van der Waals surface area (Å²) in [6.45, 7) is 7.13. The summed E-state index contributed by atoms with van der Waals surface area (Å²) in [5.41, 5.74) is 2.65. The van der Waals surface area contributed by atoms with E-state index in [4.69, 9.17) is 9.47 Å². The lowest BCUT2D eigenvalue weighted by Gasteiger charge is -2.32. The van der Waals surface area contributed by atoms with Crippen LogP contribution in [0.5, 0.6) is 5.75 Å². The Morgan fingerprint density at radius 1 is 0.806 bits per heavy atom. The fraction of sp³-hybridized carbons (Fsp3) is 0.594. The van der Waals surface area contributed by atoms with E-state index in [0.717, 1.165) is 49.0 Å². The Bertz CT molecular complexity index is 849. The second kappa shape index (κ2) is 17.2. The molecule has 200 valence electrons. The minimum absolute atomic E-state index is 0.0694. The van der Waals surface area contributed by atoms with E-state index in [9.17, 15) is 4.79 Å². The lowest BCUT2D eigenvalue weighted by atomic mass is 10.0. The molecule has 4 nitrogen and oxygen atoms in total. The lowest BCUT2D eigenvalue weighted by Crippen LogP contribution is -2.44. The van der Waals surface area contributed by atoms with E-state index in [2.05, 4.69) is 70.4 Å². The van der Waals surface area contributed by atoms with Crippen molar-refractivity contribution in [3.05, 3.63) is 65.7 Å². The zero-order valence-electron chi connectivity index (χ0n) is 23.3. The molecule has 1 unspecified atom stereocenters. The fourth-order valence-electron chi connectivity index (χ4n) is 4.69. The van der Waals surface area contributed by atoms with E-state index in [0.29, 0.717) is 13.2 Å². The number of quaternary nitrogens is 1. The highest BCUT2D eigenvalue weighted by molar-refractivity contribution is 5.72. The minimum Gasteiger partial charge on any atom is -0.494 e. The monoisotopic (exact) mass is 496 g/mol. The molecule has 0 spiro atoms. The number of rotatable bonds is 19. The van der Waals surface area contributed by atoms with E-state index in [1.807, 2.05) is 12.1 Å². The molecule has 1 atom stereocenters.